The smallest absolute Gasteiger partial charge is 0.410 e. The Morgan fingerprint density at radius 3 is 2.56 bits per heavy atom. The second-order valence-corrected chi connectivity index (χ2v) is 11.8. The minimum atomic E-state index is -0.648. The average Bonchev–Trinajstić information content (AvgIpc) is 3.16. The van der Waals surface area contributed by atoms with Gasteiger partial charge in [-0.25, -0.2) is 14.2 Å². The number of aromatic nitrogens is 2. The molecule has 1 aliphatic carbocycles. The van der Waals surface area contributed by atoms with E-state index in [-0.39, 0.29) is 29.5 Å². The van der Waals surface area contributed by atoms with Gasteiger partial charge in [0.25, 0.3) is 0 Å². The first kappa shape index (κ1) is 23.8. The number of amides is 1. The van der Waals surface area contributed by atoms with Crippen molar-refractivity contribution in [2.24, 2.45) is 7.05 Å². The molecule has 2 saturated heterocycles. The molecule has 0 N–H and O–H groups in total. The van der Waals surface area contributed by atoms with Gasteiger partial charge in [-0.15, -0.1) is 0 Å². The zero-order valence-corrected chi connectivity index (χ0v) is 21.8. The Kier molecular flexibility index (Phi) is 5.59. The number of piperidine rings is 2. The summed E-state index contributed by atoms with van der Waals surface area (Å²) in [5, 5.41) is 0. The van der Waals surface area contributed by atoms with E-state index in [1.54, 1.807) is 11.0 Å². The predicted octanol–water partition coefficient (Wildman–Crippen LogP) is 5.19. The van der Waals surface area contributed by atoms with E-state index in [2.05, 4.69) is 37.4 Å². The van der Waals surface area contributed by atoms with Gasteiger partial charge in [-0.1, -0.05) is 6.07 Å². The van der Waals surface area contributed by atoms with Gasteiger partial charge >= 0.3 is 6.09 Å². The molecule has 194 valence electrons. The number of benzene rings is 1. The molecule has 8 heteroatoms. The molecule has 7 nitrogen and oxygen atoms in total. The molecule has 0 bridgehead atoms. The van der Waals surface area contributed by atoms with Crippen LogP contribution in [-0.4, -0.2) is 63.8 Å². The van der Waals surface area contributed by atoms with Crippen LogP contribution in [-0.2, 0) is 17.4 Å². The van der Waals surface area contributed by atoms with Gasteiger partial charge in [0.05, 0.1) is 11.3 Å². The number of carbonyl (C=O) groups is 1. The van der Waals surface area contributed by atoms with Crippen molar-refractivity contribution in [3.05, 3.63) is 35.5 Å². The van der Waals surface area contributed by atoms with E-state index in [0.29, 0.717) is 42.9 Å². The normalized spacial score (nSPS) is 25.0. The van der Waals surface area contributed by atoms with Crippen LogP contribution < -0.4 is 4.74 Å². The van der Waals surface area contributed by atoms with Crippen molar-refractivity contribution in [3.63, 3.8) is 0 Å². The molecule has 3 fully saturated rings. The largest absolute Gasteiger partial charge is 0.480 e. The maximum absolute atomic E-state index is 15.2. The molecule has 0 unspecified atom stereocenters. The Morgan fingerprint density at radius 1 is 1.14 bits per heavy atom. The van der Waals surface area contributed by atoms with Crippen LogP contribution in [0.15, 0.2) is 18.2 Å². The molecule has 1 saturated carbocycles. The number of rotatable bonds is 2. The fraction of sp³-hybridized carbons (Fsp3) is 0.643. The van der Waals surface area contributed by atoms with Crippen LogP contribution in [0, 0.1) is 5.82 Å². The highest BCUT2D eigenvalue weighted by molar-refractivity contribution is 5.74. The number of fused-ring (bicyclic) bond motifs is 4. The fourth-order valence-electron chi connectivity index (χ4n) is 6.48. The second kappa shape index (κ2) is 8.47. The molecule has 3 aliphatic heterocycles. The first-order valence-electron chi connectivity index (χ1n) is 13.4. The highest BCUT2D eigenvalue weighted by Crippen LogP contribution is 2.51. The van der Waals surface area contributed by atoms with E-state index in [1.165, 1.54) is 6.07 Å². The molecule has 1 amide bonds. The lowest BCUT2D eigenvalue weighted by Crippen LogP contribution is -2.50. The third-order valence-electron chi connectivity index (χ3n) is 9.19. The number of imidazole rings is 1. The number of nitrogens with zero attached hydrogens (tertiary/aromatic N) is 4. The van der Waals surface area contributed by atoms with E-state index in [1.807, 2.05) is 6.07 Å². The molecule has 1 spiro atoms. The Morgan fingerprint density at radius 2 is 1.89 bits per heavy atom. The number of ether oxygens (including phenoxy) is 2. The maximum Gasteiger partial charge on any atom is 0.410 e. The molecule has 4 heterocycles. The highest BCUT2D eigenvalue weighted by atomic mass is 19.1. The third-order valence-corrected chi connectivity index (χ3v) is 9.19. The number of halogens is 1. The van der Waals surface area contributed by atoms with E-state index >= 15 is 4.39 Å². The van der Waals surface area contributed by atoms with Gasteiger partial charge in [0.2, 0.25) is 0 Å². The molecule has 2 aromatic rings. The molecule has 4 aliphatic rings. The van der Waals surface area contributed by atoms with Crippen LogP contribution in [0.25, 0.3) is 11.3 Å². The van der Waals surface area contributed by atoms with Crippen LogP contribution in [0.4, 0.5) is 9.18 Å². The third kappa shape index (κ3) is 3.71. The lowest BCUT2D eigenvalue weighted by atomic mass is 9.82. The Bertz CT molecular complexity index is 1180. The van der Waals surface area contributed by atoms with Crippen molar-refractivity contribution in [2.75, 3.05) is 26.7 Å². The summed E-state index contributed by atoms with van der Waals surface area (Å²) in [5.41, 5.74) is 1.52. The van der Waals surface area contributed by atoms with Crippen molar-refractivity contribution in [1.82, 2.24) is 19.4 Å². The van der Waals surface area contributed by atoms with Crippen molar-refractivity contribution in [3.8, 4) is 17.0 Å². The summed E-state index contributed by atoms with van der Waals surface area (Å²) in [4.78, 5) is 22.1. The number of hydrogen-bond acceptors (Lipinski definition) is 5. The summed E-state index contributed by atoms with van der Waals surface area (Å²) < 4.78 is 29.7. The van der Waals surface area contributed by atoms with E-state index in [4.69, 9.17) is 14.5 Å². The lowest BCUT2D eigenvalue weighted by molar-refractivity contribution is -0.0238. The van der Waals surface area contributed by atoms with Crippen LogP contribution in [0.5, 0.6) is 5.75 Å². The average molecular weight is 497 g/mol. The number of hydrogen-bond donors (Lipinski definition) is 0. The standard InChI is InChI=1S/C28H37FN4O3/c1-27(2)17-18(11-14-31(27)3)25-30-23-22-20(29)9-6-10-21(22)36-28(24(23)32(25)4)12-15-33(16-13-28)26(34)35-19-7-5-8-19/h6,9-10,18-19H,5,7-8,11-17H2,1-4H3/t18-/m1/s1. The molecular formula is C28H37FN4O3. The lowest BCUT2D eigenvalue weighted by Gasteiger charge is -2.45. The first-order valence-corrected chi connectivity index (χ1v) is 13.4. The van der Waals surface area contributed by atoms with Crippen molar-refractivity contribution in [1.29, 1.82) is 0 Å². The Hall–Kier alpha value is -2.61. The van der Waals surface area contributed by atoms with Crippen LogP contribution >= 0.6 is 0 Å². The van der Waals surface area contributed by atoms with Gasteiger partial charge < -0.3 is 23.8 Å². The van der Waals surface area contributed by atoms with Gasteiger partial charge in [0.1, 0.15) is 29.2 Å². The Labute approximate surface area is 212 Å². The van der Waals surface area contributed by atoms with Gasteiger partial charge in [-0.3, -0.25) is 0 Å². The molecule has 1 aromatic heterocycles. The van der Waals surface area contributed by atoms with Gasteiger partial charge in [-0.05, 0) is 71.7 Å². The monoisotopic (exact) mass is 496 g/mol. The Balaban J connectivity index is 1.35. The van der Waals surface area contributed by atoms with Gasteiger partial charge in [-0.2, -0.15) is 0 Å². The van der Waals surface area contributed by atoms with Crippen molar-refractivity contribution in [2.45, 2.75) is 82.0 Å². The molecule has 6 rings (SSSR count). The summed E-state index contributed by atoms with van der Waals surface area (Å²) in [7, 11) is 4.23. The van der Waals surface area contributed by atoms with E-state index in [0.717, 1.165) is 50.2 Å². The highest BCUT2D eigenvalue weighted by Gasteiger charge is 2.49. The number of likely N-dealkylation sites (tertiary alicyclic amines) is 2. The minimum Gasteiger partial charge on any atom is -0.480 e. The first-order chi connectivity index (χ1) is 17.2. The van der Waals surface area contributed by atoms with Crippen LogP contribution in [0.1, 0.15) is 76.2 Å². The summed E-state index contributed by atoms with van der Waals surface area (Å²) in [5.74, 6) is 1.53. The summed E-state index contributed by atoms with van der Waals surface area (Å²) in [6, 6.07) is 5.02. The zero-order chi connectivity index (χ0) is 25.2. The van der Waals surface area contributed by atoms with E-state index < -0.39 is 5.60 Å². The van der Waals surface area contributed by atoms with Crippen molar-refractivity contribution >= 4 is 6.09 Å². The topological polar surface area (TPSA) is 59.8 Å². The summed E-state index contributed by atoms with van der Waals surface area (Å²) >= 11 is 0. The molecule has 36 heavy (non-hydrogen) atoms. The van der Waals surface area contributed by atoms with Crippen molar-refractivity contribution < 1.29 is 18.7 Å². The SMILES string of the molecule is CN1CC[C@@H](c2nc3c(n2C)C2(CCN(C(=O)OC4CCC4)CC2)Oc2cccc(F)c2-3)CC1(C)C. The van der Waals surface area contributed by atoms with Crippen LogP contribution in [0.2, 0.25) is 0 Å². The predicted molar refractivity (Wildman–Crippen MR) is 135 cm³/mol. The molecule has 0 radical (unpaired) electrons. The van der Waals surface area contributed by atoms with Gasteiger partial charge in [0.15, 0.2) is 5.60 Å². The molecule has 1 aromatic carbocycles. The quantitative estimate of drug-likeness (QED) is 0.573. The van der Waals surface area contributed by atoms with Gasteiger partial charge in [0, 0.05) is 44.4 Å². The summed E-state index contributed by atoms with van der Waals surface area (Å²) in [6.07, 6.45) is 6.14. The summed E-state index contributed by atoms with van der Waals surface area (Å²) in [6.45, 7) is 6.63. The minimum absolute atomic E-state index is 0.0683. The van der Waals surface area contributed by atoms with Crippen LogP contribution in [0.3, 0.4) is 0 Å². The fourth-order valence-corrected chi connectivity index (χ4v) is 6.48. The molecule has 1 atom stereocenters. The maximum atomic E-state index is 15.2. The second-order valence-electron chi connectivity index (χ2n) is 11.8. The van der Waals surface area contributed by atoms with E-state index in [9.17, 15) is 4.79 Å². The molecular weight excluding hydrogens is 459 g/mol. The number of carbonyl (C=O) groups excluding carboxylic acids is 1. The zero-order valence-electron chi connectivity index (χ0n) is 21.8.